The van der Waals surface area contributed by atoms with E-state index in [-0.39, 0.29) is 5.41 Å². The van der Waals surface area contributed by atoms with E-state index in [0.717, 1.165) is 32.5 Å². The fourth-order valence-electron chi connectivity index (χ4n) is 2.30. The third-order valence-electron chi connectivity index (χ3n) is 3.56. The Balaban J connectivity index is 2.02. The first-order chi connectivity index (χ1) is 7.34. The van der Waals surface area contributed by atoms with Crippen LogP contribution in [-0.4, -0.2) is 6.61 Å². The van der Waals surface area contributed by atoms with Crippen LogP contribution in [0.4, 0.5) is 0 Å². The summed E-state index contributed by atoms with van der Waals surface area (Å²) in [5.74, 6) is 2.94. The summed E-state index contributed by atoms with van der Waals surface area (Å²) in [4.78, 5) is 0. The first kappa shape index (κ1) is 9.00. The van der Waals surface area contributed by atoms with E-state index in [2.05, 4.69) is 24.1 Å². The second kappa shape index (κ2) is 3.12. The minimum absolute atomic E-state index is 0.0767. The summed E-state index contributed by atoms with van der Waals surface area (Å²) < 4.78 is 5.42. The summed E-state index contributed by atoms with van der Waals surface area (Å²) >= 11 is 0. The summed E-state index contributed by atoms with van der Waals surface area (Å²) in [6.07, 6.45) is 8.94. The molecule has 0 bridgehead atoms. The van der Waals surface area contributed by atoms with Crippen LogP contribution in [0.1, 0.15) is 29.5 Å². The van der Waals surface area contributed by atoms with E-state index in [4.69, 9.17) is 11.2 Å². The van der Waals surface area contributed by atoms with Crippen molar-refractivity contribution in [1.82, 2.24) is 0 Å². The van der Waals surface area contributed by atoms with Gasteiger partial charge in [0.25, 0.3) is 0 Å². The van der Waals surface area contributed by atoms with Gasteiger partial charge in [0.05, 0.1) is 18.6 Å². The van der Waals surface area contributed by atoms with Crippen molar-refractivity contribution in [1.29, 1.82) is 0 Å². The molecule has 2 aliphatic rings. The number of fused-ring (bicyclic) bond motifs is 1. The van der Waals surface area contributed by atoms with E-state index >= 15 is 0 Å². The molecule has 1 aromatic carbocycles. The molecular formula is C14H14O. The Bertz CT molecular complexity index is 435. The Morgan fingerprint density at radius 1 is 1.27 bits per heavy atom. The molecule has 0 N–H and O–H groups in total. The zero-order valence-corrected chi connectivity index (χ0v) is 8.75. The van der Waals surface area contributed by atoms with Crippen molar-refractivity contribution in [2.45, 2.75) is 31.3 Å². The molecule has 1 saturated carbocycles. The summed E-state index contributed by atoms with van der Waals surface area (Å²) in [5.41, 5.74) is 4.18. The maximum absolute atomic E-state index is 5.60. The molecule has 1 aromatic rings. The van der Waals surface area contributed by atoms with Crippen molar-refractivity contribution < 1.29 is 4.74 Å². The van der Waals surface area contributed by atoms with Crippen LogP contribution < -0.4 is 0 Å². The third-order valence-corrected chi connectivity index (χ3v) is 3.56. The Kier molecular flexibility index (Phi) is 1.87. The van der Waals surface area contributed by atoms with Crippen LogP contribution in [0.3, 0.4) is 0 Å². The molecule has 0 radical (unpaired) electrons. The van der Waals surface area contributed by atoms with Gasteiger partial charge in [-0.15, -0.1) is 6.42 Å². The van der Waals surface area contributed by atoms with Crippen molar-refractivity contribution in [3.63, 3.8) is 0 Å². The smallest absolute Gasteiger partial charge is 0.0719 e. The van der Waals surface area contributed by atoms with Crippen molar-refractivity contribution in [3.05, 3.63) is 34.9 Å². The van der Waals surface area contributed by atoms with Crippen LogP contribution in [0.25, 0.3) is 0 Å². The van der Waals surface area contributed by atoms with Crippen molar-refractivity contribution >= 4 is 0 Å². The average molecular weight is 198 g/mol. The predicted octanol–water partition coefficient (Wildman–Crippen LogP) is 2.42. The fraction of sp³-hybridized carbons (Fsp3) is 0.429. The molecule has 1 nitrogen and oxygen atoms in total. The molecule has 0 spiro atoms. The van der Waals surface area contributed by atoms with Crippen LogP contribution in [0.5, 0.6) is 0 Å². The first-order valence-corrected chi connectivity index (χ1v) is 5.52. The van der Waals surface area contributed by atoms with Gasteiger partial charge >= 0.3 is 0 Å². The largest absolute Gasteiger partial charge is 0.376 e. The maximum Gasteiger partial charge on any atom is 0.0719 e. The van der Waals surface area contributed by atoms with Crippen LogP contribution in [0, 0.1) is 12.3 Å². The van der Waals surface area contributed by atoms with E-state index in [1.54, 1.807) is 0 Å². The van der Waals surface area contributed by atoms with Gasteiger partial charge in [-0.25, -0.2) is 0 Å². The fourth-order valence-corrected chi connectivity index (χ4v) is 2.30. The number of rotatable bonds is 1. The molecule has 1 aliphatic heterocycles. The van der Waals surface area contributed by atoms with E-state index in [1.165, 1.54) is 16.7 Å². The maximum atomic E-state index is 5.60. The van der Waals surface area contributed by atoms with Crippen LogP contribution >= 0.6 is 0 Å². The molecule has 1 fully saturated rings. The highest BCUT2D eigenvalue weighted by Crippen LogP contribution is 2.47. The Labute approximate surface area is 90.5 Å². The molecule has 0 atom stereocenters. The molecule has 0 saturated heterocycles. The quantitative estimate of drug-likeness (QED) is 0.630. The highest BCUT2D eigenvalue weighted by atomic mass is 16.5. The van der Waals surface area contributed by atoms with Crippen LogP contribution in [0.15, 0.2) is 18.2 Å². The van der Waals surface area contributed by atoms with Crippen molar-refractivity contribution in [2.75, 3.05) is 6.61 Å². The van der Waals surface area contributed by atoms with Gasteiger partial charge in [-0.3, -0.25) is 0 Å². The minimum Gasteiger partial charge on any atom is -0.376 e. The van der Waals surface area contributed by atoms with Crippen LogP contribution in [-0.2, 0) is 23.2 Å². The van der Waals surface area contributed by atoms with E-state index < -0.39 is 0 Å². The standard InChI is InChI=1S/C14H14O/c1-2-14(6-7-14)13-4-3-12-10-15-8-5-11(12)9-13/h1,3-4,9H,5-8,10H2. The summed E-state index contributed by atoms with van der Waals surface area (Å²) in [5, 5.41) is 0. The molecule has 15 heavy (non-hydrogen) atoms. The average Bonchev–Trinajstić information content (AvgIpc) is 3.09. The van der Waals surface area contributed by atoms with Gasteiger partial charge < -0.3 is 4.74 Å². The van der Waals surface area contributed by atoms with Gasteiger partial charge in [0.15, 0.2) is 0 Å². The van der Waals surface area contributed by atoms with E-state index in [0.29, 0.717) is 0 Å². The molecule has 0 aromatic heterocycles. The van der Waals surface area contributed by atoms with Gasteiger partial charge in [-0.05, 0) is 36.0 Å². The van der Waals surface area contributed by atoms with Gasteiger partial charge in [-0.2, -0.15) is 0 Å². The highest BCUT2D eigenvalue weighted by molar-refractivity contribution is 5.45. The Hall–Kier alpha value is -1.26. The van der Waals surface area contributed by atoms with Crippen molar-refractivity contribution in [3.8, 4) is 12.3 Å². The summed E-state index contributed by atoms with van der Waals surface area (Å²) in [7, 11) is 0. The second-order valence-electron chi connectivity index (χ2n) is 4.51. The molecule has 0 amide bonds. The Morgan fingerprint density at radius 2 is 2.13 bits per heavy atom. The number of terminal acetylenes is 1. The van der Waals surface area contributed by atoms with Gasteiger partial charge in [0, 0.05) is 0 Å². The summed E-state index contributed by atoms with van der Waals surface area (Å²) in [6, 6.07) is 6.66. The van der Waals surface area contributed by atoms with Crippen LogP contribution in [0.2, 0.25) is 0 Å². The number of benzene rings is 1. The summed E-state index contributed by atoms with van der Waals surface area (Å²) in [6.45, 7) is 1.61. The zero-order chi connectivity index (χ0) is 10.3. The SMILES string of the molecule is C#CC1(c2ccc3c(c2)CCOC3)CC1. The predicted molar refractivity (Wildman–Crippen MR) is 59.5 cm³/mol. The number of hydrogen-bond acceptors (Lipinski definition) is 1. The molecule has 76 valence electrons. The Morgan fingerprint density at radius 3 is 2.87 bits per heavy atom. The highest BCUT2D eigenvalue weighted by Gasteiger charge is 2.42. The van der Waals surface area contributed by atoms with Gasteiger partial charge in [0.1, 0.15) is 0 Å². The molecule has 1 heterocycles. The van der Waals surface area contributed by atoms with E-state index in [9.17, 15) is 0 Å². The lowest BCUT2D eigenvalue weighted by atomic mass is 9.91. The normalized spacial score (nSPS) is 21.5. The van der Waals surface area contributed by atoms with Gasteiger partial charge in [-0.1, -0.05) is 24.1 Å². The monoisotopic (exact) mass is 198 g/mol. The number of ether oxygens (including phenoxy) is 1. The zero-order valence-electron chi connectivity index (χ0n) is 8.75. The minimum atomic E-state index is 0.0767. The first-order valence-electron chi connectivity index (χ1n) is 5.52. The lowest BCUT2D eigenvalue weighted by Crippen LogP contribution is -2.12. The molecular weight excluding hydrogens is 184 g/mol. The topological polar surface area (TPSA) is 9.23 Å². The molecule has 0 unspecified atom stereocenters. The number of hydrogen-bond donors (Lipinski definition) is 0. The third kappa shape index (κ3) is 1.37. The molecule has 1 aliphatic carbocycles. The van der Waals surface area contributed by atoms with Gasteiger partial charge in [0.2, 0.25) is 0 Å². The van der Waals surface area contributed by atoms with Crippen molar-refractivity contribution in [2.24, 2.45) is 0 Å². The molecule has 1 heteroatoms. The lowest BCUT2D eigenvalue weighted by molar-refractivity contribution is 0.110. The molecule has 3 rings (SSSR count). The second-order valence-corrected chi connectivity index (χ2v) is 4.51. The van der Waals surface area contributed by atoms with E-state index in [1.807, 2.05) is 0 Å². The lowest BCUT2D eigenvalue weighted by Gasteiger charge is -2.18.